The zero-order chi connectivity index (χ0) is 14.8. The molecule has 0 spiro atoms. The molecule has 2 fully saturated rings. The van der Waals surface area contributed by atoms with Crippen molar-refractivity contribution in [2.45, 2.75) is 44.6 Å². The molecule has 2 N–H and O–H groups in total. The average Bonchev–Trinajstić information content (AvgIpc) is 2.95. The largest absolute Gasteiger partial charge is 0.478 e. The highest BCUT2D eigenvalue weighted by Gasteiger charge is 2.36. The van der Waals surface area contributed by atoms with Gasteiger partial charge in [0.2, 0.25) is 0 Å². The van der Waals surface area contributed by atoms with Gasteiger partial charge in [-0.15, -0.1) is 11.3 Å². The summed E-state index contributed by atoms with van der Waals surface area (Å²) >= 11 is 1.26. The quantitative estimate of drug-likeness (QED) is 0.876. The van der Waals surface area contributed by atoms with Gasteiger partial charge in [0.15, 0.2) is 0 Å². The molecule has 3 rings (SSSR count). The van der Waals surface area contributed by atoms with Crippen LogP contribution < -0.4 is 5.32 Å². The molecule has 6 heteroatoms. The van der Waals surface area contributed by atoms with Crippen LogP contribution in [0.3, 0.4) is 0 Å². The van der Waals surface area contributed by atoms with Crippen LogP contribution in [0.25, 0.3) is 0 Å². The number of hydrogen-bond donors (Lipinski definition) is 2. The molecule has 0 radical (unpaired) electrons. The molecular weight excluding hydrogens is 288 g/mol. The molecule has 1 aliphatic carbocycles. The molecule has 2 amide bonds. The van der Waals surface area contributed by atoms with E-state index in [1.165, 1.54) is 43.1 Å². The van der Waals surface area contributed by atoms with Gasteiger partial charge in [-0.25, -0.2) is 9.59 Å². The van der Waals surface area contributed by atoms with E-state index in [2.05, 4.69) is 5.32 Å². The Morgan fingerprint density at radius 3 is 2.81 bits per heavy atom. The normalized spacial score (nSPS) is 25.2. The van der Waals surface area contributed by atoms with Crippen LogP contribution in [0.4, 0.5) is 9.80 Å². The number of likely N-dealkylation sites (tertiary alicyclic amines) is 1. The maximum Gasteiger partial charge on any atom is 0.338 e. The standard InChI is InChI=1S/C15H20N2O3S/c18-14(19)11-7-9-21-13(11)16-15(20)17-8-3-5-10-4-1-2-6-12(10)17/h7,9-10,12H,1-6,8H2,(H,16,20)(H,18,19). The molecule has 5 nitrogen and oxygen atoms in total. The van der Waals surface area contributed by atoms with E-state index in [0.717, 1.165) is 19.4 Å². The highest BCUT2D eigenvalue weighted by molar-refractivity contribution is 7.14. The summed E-state index contributed by atoms with van der Waals surface area (Å²) in [6.07, 6.45) is 7.01. The second-order valence-corrected chi connectivity index (χ2v) is 6.76. The number of hydrogen-bond acceptors (Lipinski definition) is 3. The van der Waals surface area contributed by atoms with Crippen molar-refractivity contribution < 1.29 is 14.7 Å². The van der Waals surface area contributed by atoms with E-state index in [-0.39, 0.29) is 11.6 Å². The summed E-state index contributed by atoms with van der Waals surface area (Å²) in [4.78, 5) is 25.6. The van der Waals surface area contributed by atoms with Gasteiger partial charge in [0, 0.05) is 12.6 Å². The molecule has 2 heterocycles. The van der Waals surface area contributed by atoms with Crippen LogP contribution in [0.5, 0.6) is 0 Å². The van der Waals surface area contributed by atoms with Gasteiger partial charge in [-0.3, -0.25) is 5.32 Å². The van der Waals surface area contributed by atoms with E-state index < -0.39 is 5.97 Å². The number of carboxylic acid groups (broad SMARTS) is 1. The Bertz CT molecular complexity index is 541. The first-order valence-electron chi connectivity index (χ1n) is 7.55. The number of urea groups is 1. The number of nitrogens with zero attached hydrogens (tertiary/aromatic N) is 1. The zero-order valence-corrected chi connectivity index (χ0v) is 12.7. The Morgan fingerprint density at radius 2 is 2.00 bits per heavy atom. The van der Waals surface area contributed by atoms with Gasteiger partial charge < -0.3 is 10.0 Å². The lowest BCUT2D eigenvalue weighted by Gasteiger charge is -2.43. The van der Waals surface area contributed by atoms with Crippen LogP contribution in [0.2, 0.25) is 0 Å². The summed E-state index contributed by atoms with van der Waals surface area (Å²) in [6.45, 7) is 0.779. The number of fused-ring (bicyclic) bond motifs is 1. The minimum absolute atomic E-state index is 0.142. The summed E-state index contributed by atoms with van der Waals surface area (Å²) in [5, 5.41) is 14.0. The molecule has 1 saturated heterocycles. The lowest BCUT2D eigenvalue weighted by Crippen LogP contribution is -2.51. The van der Waals surface area contributed by atoms with Crippen molar-refractivity contribution in [2.24, 2.45) is 5.92 Å². The molecule has 2 aliphatic rings. The Balaban J connectivity index is 1.72. The Kier molecular flexibility index (Phi) is 4.14. The number of nitrogens with one attached hydrogen (secondary N) is 1. The van der Waals surface area contributed by atoms with Crippen molar-refractivity contribution in [3.05, 3.63) is 17.0 Å². The number of amides is 2. The average molecular weight is 308 g/mol. The molecular formula is C15H20N2O3S. The molecule has 0 aromatic carbocycles. The van der Waals surface area contributed by atoms with Crippen molar-refractivity contribution >= 4 is 28.3 Å². The Hall–Kier alpha value is -1.56. The minimum atomic E-state index is -0.999. The summed E-state index contributed by atoms with van der Waals surface area (Å²) in [7, 11) is 0. The number of rotatable bonds is 2. The molecule has 2 unspecified atom stereocenters. The summed E-state index contributed by atoms with van der Waals surface area (Å²) in [6, 6.07) is 1.72. The van der Waals surface area contributed by atoms with Crippen LogP contribution in [-0.4, -0.2) is 34.6 Å². The van der Waals surface area contributed by atoms with Crippen LogP contribution >= 0.6 is 11.3 Å². The second kappa shape index (κ2) is 6.05. The highest BCUT2D eigenvalue weighted by Crippen LogP contribution is 2.35. The van der Waals surface area contributed by atoms with Gasteiger partial charge >= 0.3 is 12.0 Å². The molecule has 1 saturated carbocycles. The Morgan fingerprint density at radius 1 is 1.24 bits per heavy atom. The number of anilines is 1. The monoisotopic (exact) mass is 308 g/mol. The fourth-order valence-corrected chi connectivity index (χ4v) is 4.39. The lowest BCUT2D eigenvalue weighted by atomic mass is 9.78. The van der Waals surface area contributed by atoms with Crippen molar-refractivity contribution in [3.8, 4) is 0 Å². The number of piperidine rings is 1. The molecule has 0 bridgehead atoms. The maximum atomic E-state index is 12.5. The van der Waals surface area contributed by atoms with Gasteiger partial charge in [-0.1, -0.05) is 12.8 Å². The van der Waals surface area contributed by atoms with E-state index in [1.54, 1.807) is 5.38 Å². The third-order valence-corrected chi connectivity index (χ3v) is 5.45. The van der Waals surface area contributed by atoms with Crippen LogP contribution in [-0.2, 0) is 0 Å². The number of carbonyl (C=O) groups excluding carboxylic acids is 1. The molecule has 1 aromatic heterocycles. The topological polar surface area (TPSA) is 69.6 Å². The first-order chi connectivity index (χ1) is 10.2. The van der Waals surface area contributed by atoms with Crippen molar-refractivity contribution in [1.82, 2.24) is 4.90 Å². The molecule has 2 atom stereocenters. The SMILES string of the molecule is O=C(O)c1ccsc1NC(=O)N1CCCC2CCCCC21. The fraction of sp³-hybridized carbons (Fsp3) is 0.600. The zero-order valence-electron chi connectivity index (χ0n) is 11.9. The third kappa shape index (κ3) is 2.90. The lowest BCUT2D eigenvalue weighted by molar-refractivity contribution is 0.0698. The summed E-state index contributed by atoms with van der Waals surface area (Å²) in [5.74, 6) is -0.374. The van der Waals surface area contributed by atoms with Crippen LogP contribution in [0.1, 0.15) is 48.9 Å². The molecule has 1 aliphatic heterocycles. The van der Waals surface area contributed by atoms with E-state index in [1.807, 2.05) is 4.90 Å². The molecule has 21 heavy (non-hydrogen) atoms. The van der Waals surface area contributed by atoms with Crippen molar-refractivity contribution in [1.29, 1.82) is 0 Å². The van der Waals surface area contributed by atoms with Crippen molar-refractivity contribution in [3.63, 3.8) is 0 Å². The fourth-order valence-electron chi connectivity index (χ4n) is 3.62. The van der Waals surface area contributed by atoms with Crippen LogP contribution in [0, 0.1) is 5.92 Å². The maximum absolute atomic E-state index is 12.5. The number of carbonyl (C=O) groups is 2. The number of thiophene rings is 1. The number of carboxylic acids is 1. The van der Waals surface area contributed by atoms with Crippen LogP contribution in [0.15, 0.2) is 11.4 Å². The first-order valence-corrected chi connectivity index (χ1v) is 8.43. The predicted molar refractivity (Wildman–Crippen MR) is 82.0 cm³/mol. The van der Waals surface area contributed by atoms with Gasteiger partial charge in [0.25, 0.3) is 0 Å². The van der Waals surface area contributed by atoms with Gasteiger partial charge in [0.05, 0.1) is 5.56 Å². The van der Waals surface area contributed by atoms with Gasteiger partial charge in [-0.05, 0) is 43.0 Å². The van der Waals surface area contributed by atoms with Gasteiger partial charge in [-0.2, -0.15) is 0 Å². The number of aromatic carboxylic acids is 1. The second-order valence-electron chi connectivity index (χ2n) is 5.85. The molecule has 114 valence electrons. The smallest absolute Gasteiger partial charge is 0.338 e. The summed E-state index contributed by atoms with van der Waals surface area (Å²) < 4.78 is 0. The van der Waals surface area contributed by atoms with E-state index in [4.69, 9.17) is 5.11 Å². The van der Waals surface area contributed by atoms with Crippen molar-refractivity contribution in [2.75, 3.05) is 11.9 Å². The predicted octanol–water partition coefficient (Wildman–Crippen LogP) is 3.63. The van der Waals surface area contributed by atoms with E-state index >= 15 is 0 Å². The van der Waals surface area contributed by atoms with E-state index in [9.17, 15) is 9.59 Å². The third-order valence-electron chi connectivity index (χ3n) is 4.62. The minimum Gasteiger partial charge on any atom is -0.478 e. The highest BCUT2D eigenvalue weighted by atomic mass is 32.1. The first kappa shape index (κ1) is 14.4. The molecule has 1 aromatic rings. The van der Waals surface area contributed by atoms with E-state index in [0.29, 0.717) is 17.0 Å². The summed E-state index contributed by atoms with van der Waals surface area (Å²) in [5.41, 5.74) is 0.172. The Labute approximate surface area is 128 Å². The van der Waals surface area contributed by atoms with Gasteiger partial charge in [0.1, 0.15) is 5.00 Å².